The lowest BCUT2D eigenvalue weighted by Gasteiger charge is -2.12. The highest BCUT2D eigenvalue weighted by molar-refractivity contribution is 6.06. The van der Waals surface area contributed by atoms with E-state index in [1.807, 2.05) is 47.2 Å². The number of benzene rings is 2. The Kier molecular flexibility index (Phi) is 7.65. The van der Waals surface area contributed by atoms with Gasteiger partial charge in [-0.25, -0.2) is 9.97 Å². The summed E-state index contributed by atoms with van der Waals surface area (Å²) in [4.78, 5) is 15.6. The van der Waals surface area contributed by atoms with Gasteiger partial charge in [0, 0.05) is 17.5 Å². The van der Waals surface area contributed by atoms with E-state index < -0.39 is 0 Å². The molecule has 0 fully saturated rings. The molecule has 0 aliphatic carbocycles. The predicted molar refractivity (Wildman–Crippen MR) is 141 cm³/mol. The second-order valence-corrected chi connectivity index (χ2v) is 8.61. The molecular formula is C27H34N6O. The van der Waals surface area contributed by atoms with E-state index in [1.165, 1.54) is 0 Å². The zero-order valence-corrected chi connectivity index (χ0v) is 19.9. The molecule has 2 heterocycles. The molecule has 34 heavy (non-hydrogen) atoms. The van der Waals surface area contributed by atoms with Crippen molar-refractivity contribution in [2.75, 3.05) is 17.8 Å². The predicted octanol–water partition coefficient (Wildman–Crippen LogP) is 5.50. The summed E-state index contributed by atoms with van der Waals surface area (Å²) in [5.41, 5.74) is 14.6. The lowest BCUT2D eigenvalue weighted by molar-refractivity contribution is 0.108. The molecule has 0 amide bonds. The normalized spacial score (nSPS) is 11.2. The Bertz CT molecular complexity index is 1260. The van der Waals surface area contributed by atoms with Gasteiger partial charge in [0.15, 0.2) is 5.82 Å². The molecule has 7 nitrogen and oxygen atoms in total. The van der Waals surface area contributed by atoms with Gasteiger partial charge in [-0.2, -0.15) is 4.73 Å². The van der Waals surface area contributed by atoms with Gasteiger partial charge in [-0.15, -0.1) is 0 Å². The fourth-order valence-electron chi connectivity index (χ4n) is 4.17. The summed E-state index contributed by atoms with van der Waals surface area (Å²) in [6.45, 7) is 7.03. The highest BCUT2D eigenvalue weighted by Crippen LogP contribution is 2.29. The molecular weight excluding hydrogens is 424 g/mol. The van der Waals surface area contributed by atoms with Crippen molar-refractivity contribution in [2.24, 2.45) is 5.84 Å². The molecule has 0 aliphatic rings. The number of hydrogen-bond donors (Lipinski definition) is 3. The van der Waals surface area contributed by atoms with Crippen molar-refractivity contribution in [1.29, 1.82) is 0 Å². The van der Waals surface area contributed by atoms with Crippen LogP contribution in [0.3, 0.4) is 0 Å². The molecule has 0 atom stereocenters. The van der Waals surface area contributed by atoms with E-state index in [0.717, 1.165) is 89.5 Å². The van der Waals surface area contributed by atoms with Crippen LogP contribution in [-0.2, 0) is 6.42 Å². The van der Waals surface area contributed by atoms with Crippen molar-refractivity contribution >= 4 is 39.0 Å². The number of allylic oxidation sites excluding steroid dienone is 1. The van der Waals surface area contributed by atoms with Crippen molar-refractivity contribution in [2.45, 2.75) is 51.9 Å². The van der Waals surface area contributed by atoms with Crippen LogP contribution < -0.4 is 21.8 Å². The first kappa shape index (κ1) is 23.6. The third-order valence-corrected chi connectivity index (χ3v) is 6.10. The molecule has 2 aromatic carbocycles. The molecule has 178 valence electrons. The molecule has 5 N–H and O–H groups in total. The number of para-hydroxylation sites is 1. The molecule has 7 heteroatoms. The Morgan fingerprint density at radius 1 is 1.03 bits per heavy atom. The molecule has 0 bridgehead atoms. The van der Waals surface area contributed by atoms with Crippen LogP contribution >= 0.6 is 0 Å². The van der Waals surface area contributed by atoms with Gasteiger partial charge in [0.1, 0.15) is 23.5 Å². The van der Waals surface area contributed by atoms with Gasteiger partial charge < -0.3 is 16.0 Å². The molecule has 2 aromatic heterocycles. The largest absolute Gasteiger partial charge is 0.412 e. The van der Waals surface area contributed by atoms with Gasteiger partial charge in [0.25, 0.3) is 0 Å². The number of unbranched alkanes of at least 4 members (excludes halogenated alkanes) is 3. The minimum Gasteiger partial charge on any atom is -0.412 e. The minimum absolute atomic E-state index is 0.447. The first-order valence-electron chi connectivity index (χ1n) is 12.1. The Hall–Kier alpha value is -3.58. The van der Waals surface area contributed by atoms with Crippen molar-refractivity contribution in [3.63, 3.8) is 0 Å². The lowest BCUT2D eigenvalue weighted by Crippen LogP contribution is -2.16. The summed E-state index contributed by atoms with van der Waals surface area (Å²) in [5, 5.41) is 1.01. The standard InChI is InChI=1S/C27H34N6O/c1-3-4-13-24-31-25-26(22-11-7-8-12-23(22)30-27(25)28)33(24)34-18-9-5-6-10-19(2)20-14-16-21(32-29)17-15-20/h7-8,11-12,14-17,32H,2-6,9-10,13,18,29H2,1H3,(H2,28,30). The van der Waals surface area contributed by atoms with Crippen LogP contribution in [0, 0.1) is 0 Å². The Labute approximate surface area is 200 Å². The molecule has 0 aliphatic heterocycles. The summed E-state index contributed by atoms with van der Waals surface area (Å²) in [7, 11) is 0. The molecule has 0 saturated carbocycles. The summed E-state index contributed by atoms with van der Waals surface area (Å²) in [5.74, 6) is 6.79. The number of nitrogens with one attached hydrogen (secondary N) is 1. The Balaban J connectivity index is 1.40. The monoisotopic (exact) mass is 458 g/mol. The third-order valence-electron chi connectivity index (χ3n) is 6.10. The molecule has 4 aromatic rings. The van der Waals surface area contributed by atoms with E-state index in [1.54, 1.807) is 0 Å². The maximum Gasteiger partial charge on any atom is 0.152 e. The SMILES string of the molecule is C=C(CCCCCOn1c(CCCC)nc2c(N)nc3ccccc3c21)c1ccc(NN)cc1. The first-order chi connectivity index (χ1) is 16.6. The van der Waals surface area contributed by atoms with Crippen LogP contribution in [0.1, 0.15) is 56.8 Å². The van der Waals surface area contributed by atoms with Crippen LogP contribution in [0.15, 0.2) is 55.1 Å². The highest BCUT2D eigenvalue weighted by Gasteiger charge is 2.18. The minimum atomic E-state index is 0.447. The van der Waals surface area contributed by atoms with E-state index in [9.17, 15) is 0 Å². The number of hydrogen-bond acceptors (Lipinski definition) is 6. The quantitative estimate of drug-likeness (QED) is 0.147. The van der Waals surface area contributed by atoms with Crippen molar-refractivity contribution in [3.05, 3.63) is 66.5 Å². The number of hydrazine groups is 1. The van der Waals surface area contributed by atoms with E-state index >= 15 is 0 Å². The van der Waals surface area contributed by atoms with E-state index in [2.05, 4.69) is 30.0 Å². The second kappa shape index (κ2) is 11.0. The third kappa shape index (κ3) is 5.15. The van der Waals surface area contributed by atoms with Gasteiger partial charge >= 0.3 is 0 Å². The number of anilines is 2. The van der Waals surface area contributed by atoms with Crippen LogP contribution in [0.25, 0.3) is 27.5 Å². The maximum atomic E-state index is 6.30. The fourth-order valence-corrected chi connectivity index (χ4v) is 4.17. The second-order valence-electron chi connectivity index (χ2n) is 8.61. The van der Waals surface area contributed by atoms with Crippen LogP contribution in [0.2, 0.25) is 0 Å². The van der Waals surface area contributed by atoms with Gasteiger partial charge in [-0.05, 0) is 61.4 Å². The average molecular weight is 459 g/mol. The zero-order valence-electron chi connectivity index (χ0n) is 19.9. The lowest BCUT2D eigenvalue weighted by atomic mass is 10.0. The van der Waals surface area contributed by atoms with Gasteiger partial charge in [0.2, 0.25) is 0 Å². The number of rotatable bonds is 12. The first-order valence-corrected chi connectivity index (χ1v) is 12.1. The summed E-state index contributed by atoms with van der Waals surface area (Å²) in [6.07, 6.45) is 7.01. The summed E-state index contributed by atoms with van der Waals surface area (Å²) in [6, 6.07) is 16.0. The molecule has 0 saturated heterocycles. The van der Waals surface area contributed by atoms with Crippen LogP contribution in [0.5, 0.6) is 0 Å². The van der Waals surface area contributed by atoms with E-state index in [4.69, 9.17) is 21.4 Å². The Morgan fingerprint density at radius 2 is 1.82 bits per heavy atom. The fraction of sp³-hybridized carbons (Fsp3) is 0.333. The summed E-state index contributed by atoms with van der Waals surface area (Å²) >= 11 is 0. The molecule has 4 rings (SSSR count). The maximum absolute atomic E-state index is 6.30. The number of pyridine rings is 1. The average Bonchev–Trinajstić information content (AvgIpc) is 3.24. The molecule has 0 radical (unpaired) electrons. The number of aromatic nitrogens is 3. The number of aryl methyl sites for hydroxylation is 1. The van der Waals surface area contributed by atoms with Gasteiger partial charge in [-0.3, -0.25) is 5.84 Å². The van der Waals surface area contributed by atoms with E-state index in [-0.39, 0.29) is 0 Å². The molecule has 0 unspecified atom stereocenters. The number of nitrogens with zero attached hydrogens (tertiary/aromatic N) is 3. The number of nitrogens with two attached hydrogens (primary N) is 2. The Morgan fingerprint density at radius 3 is 2.59 bits per heavy atom. The highest BCUT2D eigenvalue weighted by atomic mass is 16.7. The van der Waals surface area contributed by atoms with Gasteiger partial charge in [-0.1, -0.05) is 50.3 Å². The number of imidazole rings is 1. The van der Waals surface area contributed by atoms with Crippen LogP contribution in [0.4, 0.5) is 11.5 Å². The number of nitrogen functional groups attached to an aromatic ring is 2. The van der Waals surface area contributed by atoms with Crippen molar-refractivity contribution in [3.8, 4) is 0 Å². The van der Waals surface area contributed by atoms with Crippen LogP contribution in [-0.4, -0.2) is 21.3 Å². The van der Waals surface area contributed by atoms with E-state index in [0.29, 0.717) is 12.4 Å². The summed E-state index contributed by atoms with van der Waals surface area (Å²) < 4.78 is 1.90. The smallest absolute Gasteiger partial charge is 0.152 e. The van der Waals surface area contributed by atoms with Crippen molar-refractivity contribution < 1.29 is 4.84 Å². The topological polar surface area (TPSA) is 104 Å². The molecule has 0 spiro atoms. The number of fused-ring (bicyclic) bond motifs is 3. The zero-order chi connectivity index (χ0) is 23.9. The van der Waals surface area contributed by atoms with Gasteiger partial charge in [0.05, 0.1) is 5.52 Å². The van der Waals surface area contributed by atoms with Crippen molar-refractivity contribution in [1.82, 2.24) is 14.7 Å².